The van der Waals surface area contributed by atoms with Crippen molar-refractivity contribution >= 4 is 11.9 Å². The zero-order valence-electron chi connectivity index (χ0n) is 11.2. The minimum atomic E-state index is -1.20. The summed E-state index contributed by atoms with van der Waals surface area (Å²) in [4.78, 5) is 23.8. The SMILES string of the molecule is O=C1NC(=O)C(COc2ccccc2)(c2ccccc2)N1. The molecule has 1 atom stereocenters. The molecule has 0 spiro atoms. The lowest BCUT2D eigenvalue weighted by Gasteiger charge is -2.26. The summed E-state index contributed by atoms with van der Waals surface area (Å²) in [5.74, 6) is 0.233. The van der Waals surface area contributed by atoms with Crippen LogP contribution < -0.4 is 15.4 Å². The van der Waals surface area contributed by atoms with Crippen LogP contribution in [0.25, 0.3) is 0 Å². The number of benzene rings is 2. The lowest BCUT2D eigenvalue weighted by molar-refractivity contribution is -0.125. The molecule has 21 heavy (non-hydrogen) atoms. The summed E-state index contributed by atoms with van der Waals surface area (Å²) in [5, 5.41) is 4.95. The van der Waals surface area contributed by atoms with Crippen molar-refractivity contribution in [1.82, 2.24) is 10.6 Å². The lowest BCUT2D eigenvalue weighted by atomic mass is 9.91. The Morgan fingerprint density at radius 2 is 1.52 bits per heavy atom. The average molecular weight is 282 g/mol. The van der Waals surface area contributed by atoms with Gasteiger partial charge in [0.1, 0.15) is 12.4 Å². The first-order chi connectivity index (χ1) is 10.2. The number of hydrogen-bond donors (Lipinski definition) is 2. The van der Waals surface area contributed by atoms with Crippen LogP contribution in [0.3, 0.4) is 0 Å². The van der Waals surface area contributed by atoms with Crippen molar-refractivity contribution in [3.8, 4) is 5.75 Å². The van der Waals surface area contributed by atoms with E-state index < -0.39 is 17.5 Å². The smallest absolute Gasteiger partial charge is 0.322 e. The highest BCUT2D eigenvalue weighted by atomic mass is 16.5. The zero-order valence-corrected chi connectivity index (χ0v) is 11.2. The van der Waals surface area contributed by atoms with Crippen molar-refractivity contribution in [3.05, 3.63) is 66.2 Å². The molecule has 1 heterocycles. The zero-order chi connectivity index (χ0) is 14.7. The fraction of sp³-hybridized carbons (Fsp3) is 0.125. The van der Waals surface area contributed by atoms with Gasteiger partial charge in [-0.3, -0.25) is 10.1 Å². The van der Waals surface area contributed by atoms with Gasteiger partial charge in [0.25, 0.3) is 5.91 Å². The second kappa shape index (κ2) is 5.28. The van der Waals surface area contributed by atoms with Gasteiger partial charge in [-0.15, -0.1) is 0 Å². The minimum Gasteiger partial charge on any atom is -0.490 e. The summed E-state index contributed by atoms with van der Waals surface area (Å²) in [6.45, 7) is 0.0264. The standard InChI is InChI=1S/C16H14N2O3/c19-14-16(18-15(20)17-14,12-7-3-1-4-8-12)11-21-13-9-5-2-6-10-13/h1-10H,11H2,(H2,17,18,19,20). The molecule has 1 aliphatic heterocycles. The van der Waals surface area contributed by atoms with Crippen molar-refractivity contribution in [1.29, 1.82) is 0 Å². The molecule has 0 saturated carbocycles. The quantitative estimate of drug-likeness (QED) is 0.840. The van der Waals surface area contributed by atoms with Gasteiger partial charge in [-0.1, -0.05) is 48.5 Å². The Balaban J connectivity index is 1.91. The van der Waals surface area contributed by atoms with Gasteiger partial charge in [-0.2, -0.15) is 0 Å². The Bertz CT molecular complexity index is 658. The van der Waals surface area contributed by atoms with Gasteiger partial charge in [0.15, 0.2) is 5.54 Å². The number of carbonyl (C=O) groups excluding carboxylic acids is 2. The van der Waals surface area contributed by atoms with Crippen molar-refractivity contribution in [3.63, 3.8) is 0 Å². The molecule has 2 aromatic rings. The summed E-state index contributed by atoms with van der Waals surface area (Å²) < 4.78 is 5.69. The molecule has 2 aromatic carbocycles. The van der Waals surface area contributed by atoms with Crippen LogP contribution in [0.15, 0.2) is 60.7 Å². The maximum Gasteiger partial charge on any atom is 0.322 e. The number of nitrogens with one attached hydrogen (secondary N) is 2. The summed E-state index contributed by atoms with van der Waals surface area (Å²) in [6.07, 6.45) is 0. The van der Waals surface area contributed by atoms with Crippen molar-refractivity contribution in [2.24, 2.45) is 0 Å². The molecule has 3 rings (SSSR count). The van der Waals surface area contributed by atoms with E-state index in [9.17, 15) is 9.59 Å². The van der Waals surface area contributed by atoms with E-state index in [1.807, 2.05) is 36.4 Å². The maximum absolute atomic E-state index is 12.3. The number of carbonyl (C=O) groups is 2. The number of imide groups is 1. The third-order valence-corrected chi connectivity index (χ3v) is 3.41. The van der Waals surface area contributed by atoms with Gasteiger partial charge in [0.2, 0.25) is 0 Å². The monoisotopic (exact) mass is 282 g/mol. The second-order valence-corrected chi connectivity index (χ2v) is 4.78. The number of hydrogen-bond acceptors (Lipinski definition) is 3. The number of amides is 3. The van der Waals surface area contributed by atoms with E-state index in [-0.39, 0.29) is 6.61 Å². The van der Waals surface area contributed by atoms with E-state index in [1.54, 1.807) is 24.3 Å². The Morgan fingerprint density at radius 1 is 0.905 bits per heavy atom. The van der Waals surface area contributed by atoms with Crippen LogP contribution in [0.5, 0.6) is 5.75 Å². The molecule has 5 nitrogen and oxygen atoms in total. The predicted molar refractivity (Wildman–Crippen MR) is 76.7 cm³/mol. The van der Waals surface area contributed by atoms with E-state index in [1.165, 1.54) is 0 Å². The highest BCUT2D eigenvalue weighted by Crippen LogP contribution is 2.26. The first kappa shape index (κ1) is 13.2. The first-order valence-corrected chi connectivity index (χ1v) is 6.58. The maximum atomic E-state index is 12.3. The second-order valence-electron chi connectivity index (χ2n) is 4.78. The van der Waals surface area contributed by atoms with Crippen LogP contribution in [0, 0.1) is 0 Å². The fourth-order valence-electron chi connectivity index (χ4n) is 2.31. The van der Waals surface area contributed by atoms with E-state index in [4.69, 9.17) is 4.74 Å². The predicted octanol–water partition coefficient (Wildman–Crippen LogP) is 1.80. The highest BCUT2D eigenvalue weighted by Gasteiger charge is 2.48. The highest BCUT2D eigenvalue weighted by molar-refractivity contribution is 6.07. The molecule has 5 heteroatoms. The lowest BCUT2D eigenvalue weighted by Crippen LogP contribution is -2.48. The Morgan fingerprint density at radius 3 is 2.10 bits per heavy atom. The number of urea groups is 1. The molecule has 0 bridgehead atoms. The summed E-state index contributed by atoms with van der Waals surface area (Å²) >= 11 is 0. The van der Waals surface area contributed by atoms with Crippen molar-refractivity contribution in [2.75, 3.05) is 6.61 Å². The van der Waals surface area contributed by atoms with Gasteiger partial charge in [0.05, 0.1) is 0 Å². The van der Waals surface area contributed by atoms with E-state index in [2.05, 4.69) is 10.6 Å². The Kier molecular flexibility index (Phi) is 3.31. The van der Waals surface area contributed by atoms with Crippen LogP contribution in [0.1, 0.15) is 5.56 Å². The fourth-order valence-corrected chi connectivity index (χ4v) is 2.31. The molecule has 3 amide bonds. The minimum absolute atomic E-state index is 0.0264. The van der Waals surface area contributed by atoms with E-state index >= 15 is 0 Å². The molecule has 2 N–H and O–H groups in total. The first-order valence-electron chi connectivity index (χ1n) is 6.58. The molecule has 1 unspecified atom stereocenters. The number of rotatable bonds is 4. The largest absolute Gasteiger partial charge is 0.490 e. The molecular formula is C16H14N2O3. The summed E-state index contributed by atoms with van der Waals surface area (Å²) in [7, 11) is 0. The van der Waals surface area contributed by atoms with E-state index in [0.717, 1.165) is 0 Å². The average Bonchev–Trinajstić information content (AvgIpc) is 2.82. The molecular weight excluding hydrogens is 268 g/mol. The third kappa shape index (κ3) is 2.45. The normalized spacial score (nSPS) is 20.8. The topological polar surface area (TPSA) is 67.4 Å². The molecule has 1 aliphatic rings. The van der Waals surface area contributed by atoms with Gasteiger partial charge in [-0.05, 0) is 17.7 Å². The molecule has 106 valence electrons. The Labute approximate surface area is 121 Å². The van der Waals surface area contributed by atoms with Crippen molar-refractivity contribution < 1.29 is 14.3 Å². The summed E-state index contributed by atoms with van der Waals surface area (Å²) in [6, 6.07) is 17.7. The Hall–Kier alpha value is -2.82. The molecule has 1 saturated heterocycles. The van der Waals surface area contributed by atoms with Gasteiger partial charge in [0, 0.05) is 0 Å². The van der Waals surface area contributed by atoms with Gasteiger partial charge in [-0.25, -0.2) is 4.79 Å². The van der Waals surface area contributed by atoms with Crippen LogP contribution in [0.4, 0.5) is 4.79 Å². The van der Waals surface area contributed by atoms with Crippen LogP contribution in [-0.2, 0) is 10.3 Å². The summed E-state index contributed by atoms with van der Waals surface area (Å²) in [5.41, 5.74) is -0.516. The van der Waals surface area contributed by atoms with Gasteiger partial charge >= 0.3 is 6.03 Å². The number of ether oxygens (including phenoxy) is 1. The number of para-hydroxylation sites is 1. The van der Waals surface area contributed by atoms with Crippen LogP contribution in [0.2, 0.25) is 0 Å². The molecule has 0 radical (unpaired) electrons. The van der Waals surface area contributed by atoms with Gasteiger partial charge < -0.3 is 10.1 Å². The molecule has 0 aromatic heterocycles. The third-order valence-electron chi connectivity index (χ3n) is 3.41. The molecule has 0 aliphatic carbocycles. The van der Waals surface area contributed by atoms with E-state index in [0.29, 0.717) is 11.3 Å². The van der Waals surface area contributed by atoms with Crippen molar-refractivity contribution in [2.45, 2.75) is 5.54 Å². The van der Waals surface area contributed by atoms with Crippen LogP contribution in [-0.4, -0.2) is 18.5 Å². The molecule has 1 fully saturated rings. The van der Waals surface area contributed by atoms with Crippen LogP contribution >= 0.6 is 0 Å².